The number of carbonyl (C=O) groups excluding carboxylic acids is 1. The number of thioether (sulfide) groups is 1. The molecule has 3 N–H and O–H groups in total. The lowest BCUT2D eigenvalue weighted by Crippen LogP contribution is -2.22. The van der Waals surface area contributed by atoms with Crippen molar-refractivity contribution in [3.8, 4) is 5.75 Å². The highest BCUT2D eigenvalue weighted by molar-refractivity contribution is 8.00. The van der Waals surface area contributed by atoms with E-state index in [4.69, 9.17) is 10.5 Å². The molecule has 1 amide bonds. The van der Waals surface area contributed by atoms with Crippen LogP contribution in [-0.2, 0) is 4.79 Å². The second kappa shape index (κ2) is 7.70. The fourth-order valence-corrected chi connectivity index (χ4v) is 2.60. The van der Waals surface area contributed by atoms with Gasteiger partial charge in [-0.1, -0.05) is 0 Å². The molecule has 0 saturated heterocycles. The van der Waals surface area contributed by atoms with Gasteiger partial charge in [0.15, 0.2) is 0 Å². The maximum absolute atomic E-state index is 12.2. The number of nitrogens with two attached hydrogens (primary N) is 1. The summed E-state index contributed by atoms with van der Waals surface area (Å²) < 4.78 is 5.37. The van der Waals surface area contributed by atoms with Gasteiger partial charge in [0.05, 0.1) is 11.9 Å². The first-order valence-corrected chi connectivity index (χ1v) is 7.88. The summed E-state index contributed by atoms with van der Waals surface area (Å²) in [5.74, 6) is 1.19. The Kier molecular flexibility index (Phi) is 5.66. The predicted molar refractivity (Wildman–Crippen MR) is 90.2 cm³/mol. The largest absolute Gasteiger partial charge is 0.494 e. The number of rotatable bonds is 6. The van der Waals surface area contributed by atoms with Gasteiger partial charge in [-0.3, -0.25) is 4.79 Å². The van der Waals surface area contributed by atoms with Crippen LogP contribution in [0.1, 0.15) is 13.8 Å². The van der Waals surface area contributed by atoms with Crippen molar-refractivity contribution in [2.75, 3.05) is 17.7 Å². The summed E-state index contributed by atoms with van der Waals surface area (Å²) in [6.45, 7) is 4.40. The number of benzene rings is 1. The van der Waals surface area contributed by atoms with E-state index >= 15 is 0 Å². The number of amides is 1. The number of nitrogens with one attached hydrogen (secondary N) is 1. The zero-order chi connectivity index (χ0) is 15.9. The van der Waals surface area contributed by atoms with E-state index in [1.807, 2.05) is 44.2 Å². The molecule has 0 spiro atoms. The average Bonchev–Trinajstić information content (AvgIpc) is 2.51. The maximum atomic E-state index is 12.2. The topological polar surface area (TPSA) is 77.2 Å². The molecule has 0 bridgehead atoms. The minimum Gasteiger partial charge on any atom is -0.494 e. The molecule has 1 heterocycles. The molecule has 1 aromatic heterocycles. The first kappa shape index (κ1) is 16.2. The third kappa shape index (κ3) is 4.66. The number of anilines is 2. The SMILES string of the molecule is CCOc1ccc(NC(=O)C(C)Sc2ccc(N)nc2)cc1. The molecule has 5 nitrogen and oxygen atoms in total. The van der Waals surface area contributed by atoms with Crippen molar-refractivity contribution in [3.63, 3.8) is 0 Å². The number of aromatic nitrogens is 1. The van der Waals surface area contributed by atoms with Gasteiger partial charge in [-0.25, -0.2) is 4.98 Å². The molecule has 6 heteroatoms. The van der Waals surface area contributed by atoms with E-state index in [1.165, 1.54) is 11.8 Å². The van der Waals surface area contributed by atoms with E-state index in [1.54, 1.807) is 12.3 Å². The molecule has 0 saturated carbocycles. The summed E-state index contributed by atoms with van der Waals surface area (Å²) in [7, 11) is 0. The lowest BCUT2D eigenvalue weighted by Gasteiger charge is -2.12. The van der Waals surface area contributed by atoms with Gasteiger partial charge >= 0.3 is 0 Å². The molecule has 0 aliphatic heterocycles. The Bertz CT molecular complexity index is 614. The van der Waals surface area contributed by atoms with Crippen molar-refractivity contribution in [1.82, 2.24) is 4.98 Å². The van der Waals surface area contributed by atoms with Crippen LogP contribution >= 0.6 is 11.8 Å². The van der Waals surface area contributed by atoms with Crippen LogP contribution in [0.25, 0.3) is 0 Å². The molecule has 2 aromatic rings. The first-order chi connectivity index (χ1) is 10.6. The number of hydrogen-bond donors (Lipinski definition) is 2. The van der Waals surface area contributed by atoms with Gasteiger partial charge < -0.3 is 15.8 Å². The monoisotopic (exact) mass is 317 g/mol. The third-order valence-electron chi connectivity index (χ3n) is 2.87. The number of hydrogen-bond acceptors (Lipinski definition) is 5. The summed E-state index contributed by atoms with van der Waals surface area (Å²) in [6, 6.07) is 10.9. The Morgan fingerprint density at radius 1 is 1.32 bits per heavy atom. The van der Waals surface area contributed by atoms with Crippen LogP contribution in [0.3, 0.4) is 0 Å². The number of nitrogen functional groups attached to an aromatic ring is 1. The highest BCUT2D eigenvalue weighted by Gasteiger charge is 2.14. The molecular weight excluding hydrogens is 298 g/mol. The van der Waals surface area contributed by atoms with Gasteiger partial charge in [-0.05, 0) is 50.2 Å². The Labute approximate surface area is 134 Å². The molecule has 0 radical (unpaired) electrons. The van der Waals surface area contributed by atoms with E-state index in [-0.39, 0.29) is 11.2 Å². The molecular formula is C16H19N3O2S. The average molecular weight is 317 g/mol. The van der Waals surface area contributed by atoms with Crippen LogP contribution in [0.4, 0.5) is 11.5 Å². The fraction of sp³-hybridized carbons (Fsp3) is 0.250. The first-order valence-electron chi connectivity index (χ1n) is 7.00. The van der Waals surface area contributed by atoms with Crippen LogP contribution in [0.2, 0.25) is 0 Å². The van der Waals surface area contributed by atoms with Gasteiger partial charge in [0.25, 0.3) is 0 Å². The minimum absolute atomic E-state index is 0.0639. The summed E-state index contributed by atoms with van der Waals surface area (Å²) in [5.41, 5.74) is 6.29. The molecule has 1 atom stereocenters. The molecule has 116 valence electrons. The van der Waals surface area contributed by atoms with Crippen molar-refractivity contribution in [2.24, 2.45) is 0 Å². The van der Waals surface area contributed by atoms with Gasteiger partial charge in [-0.2, -0.15) is 0 Å². The number of nitrogens with zero attached hydrogens (tertiary/aromatic N) is 1. The van der Waals surface area contributed by atoms with E-state index < -0.39 is 0 Å². The summed E-state index contributed by atoms with van der Waals surface area (Å²) in [5, 5.41) is 2.64. The molecule has 1 unspecified atom stereocenters. The highest BCUT2D eigenvalue weighted by Crippen LogP contribution is 2.24. The van der Waals surface area contributed by atoms with E-state index in [0.717, 1.165) is 16.3 Å². The van der Waals surface area contributed by atoms with Crippen LogP contribution in [-0.4, -0.2) is 22.7 Å². The lowest BCUT2D eigenvalue weighted by molar-refractivity contribution is -0.115. The standard InChI is InChI=1S/C16H19N3O2S/c1-3-21-13-6-4-12(5-7-13)19-16(20)11(2)22-14-8-9-15(17)18-10-14/h4-11H,3H2,1-2H3,(H2,17,18)(H,19,20). The molecule has 0 fully saturated rings. The predicted octanol–water partition coefficient (Wildman–Crippen LogP) is 3.18. The van der Waals surface area contributed by atoms with E-state index in [9.17, 15) is 4.79 Å². The molecule has 0 aliphatic rings. The van der Waals surface area contributed by atoms with Crippen LogP contribution in [0, 0.1) is 0 Å². The second-order valence-electron chi connectivity index (χ2n) is 4.63. The lowest BCUT2D eigenvalue weighted by atomic mass is 10.3. The maximum Gasteiger partial charge on any atom is 0.237 e. The van der Waals surface area contributed by atoms with Crippen molar-refractivity contribution in [1.29, 1.82) is 0 Å². The highest BCUT2D eigenvalue weighted by atomic mass is 32.2. The van der Waals surface area contributed by atoms with E-state index in [2.05, 4.69) is 10.3 Å². The van der Waals surface area contributed by atoms with Gasteiger partial charge in [0.1, 0.15) is 11.6 Å². The molecule has 2 rings (SSSR count). The van der Waals surface area contributed by atoms with Crippen molar-refractivity contribution in [2.45, 2.75) is 24.0 Å². The normalized spacial score (nSPS) is 11.7. The second-order valence-corrected chi connectivity index (χ2v) is 6.04. The third-order valence-corrected chi connectivity index (χ3v) is 3.96. The van der Waals surface area contributed by atoms with Gasteiger partial charge in [-0.15, -0.1) is 11.8 Å². The summed E-state index contributed by atoms with van der Waals surface area (Å²) >= 11 is 1.44. The van der Waals surface area contributed by atoms with Gasteiger partial charge in [0, 0.05) is 16.8 Å². The summed E-state index contributed by atoms with van der Waals surface area (Å²) in [6.07, 6.45) is 1.67. The molecule has 0 aliphatic carbocycles. The van der Waals surface area contributed by atoms with Gasteiger partial charge in [0.2, 0.25) is 5.91 Å². The molecule has 1 aromatic carbocycles. The molecule has 22 heavy (non-hydrogen) atoms. The van der Waals surface area contributed by atoms with Crippen LogP contribution < -0.4 is 15.8 Å². The van der Waals surface area contributed by atoms with Crippen LogP contribution in [0.5, 0.6) is 5.75 Å². The van der Waals surface area contributed by atoms with E-state index in [0.29, 0.717) is 12.4 Å². The summed E-state index contributed by atoms with van der Waals surface area (Å²) in [4.78, 5) is 17.1. The van der Waals surface area contributed by atoms with Crippen molar-refractivity contribution in [3.05, 3.63) is 42.6 Å². The quantitative estimate of drug-likeness (QED) is 0.800. The Morgan fingerprint density at radius 2 is 2.05 bits per heavy atom. The van der Waals surface area contributed by atoms with Crippen molar-refractivity contribution < 1.29 is 9.53 Å². The van der Waals surface area contributed by atoms with Crippen LogP contribution in [0.15, 0.2) is 47.5 Å². The smallest absolute Gasteiger partial charge is 0.237 e. The Hall–Kier alpha value is -2.21. The number of carbonyl (C=O) groups is 1. The Morgan fingerprint density at radius 3 is 2.64 bits per heavy atom. The fourth-order valence-electron chi connectivity index (χ4n) is 1.76. The minimum atomic E-state index is -0.239. The zero-order valence-corrected chi connectivity index (χ0v) is 13.4. The number of pyridine rings is 1. The zero-order valence-electron chi connectivity index (χ0n) is 12.6. The van der Waals surface area contributed by atoms with Crippen molar-refractivity contribution >= 4 is 29.2 Å². The Balaban J connectivity index is 1.91. The number of ether oxygens (including phenoxy) is 1.